The van der Waals surface area contributed by atoms with Crippen LogP contribution in [-0.2, 0) is 17.4 Å². The molecule has 0 radical (unpaired) electrons. The van der Waals surface area contributed by atoms with Crippen LogP contribution in [0.15, 0.2) is 36.4 Å². The van der Waals surface area contributed by atoms with Crippen LogP contribution in [0, 0.1) is 5.82 Å². The Morgan fingerprint density at radius 2 is 1.45 bits per heavy atom. The Kier molecular flexibility index (Phi) is 5.96. The van der Waals surface area contributed by atoms with E-state index in [0.29, 0.717) is 11.4 Å². The van der Waals surface area contributed by atoms with Crippen molar-refractivity contribution >= 4 is 5.69 Å². The highest BCUT2D eigenvalue weighted by molar-refractivity contribution is 5.50. The Balaban J connectivity index is 1.78. The molecule has 3 nitrogen and oxygen atoms in total. The fourth-order valence-electron chi connectivity index (χ4n) is 4.18. The lowest BCUT2D eigenvalue weighted by Crippen LogP contribution is -3.13. The molecule has 0 atom stereocenters. The SMILES string of the molecule is CC(C)(C)c1cc(C[NH+]2CCN(c3ccccc3F)CC2)cc(C(C)(C)C)c1O. The van der Waals surface area contributed by atoms with E-state index in [1.807, 2.05) is 12.1 Å². The molecular weight excluding hydrogens is 363 g/mol. The van der Waals surface area contributed by atoms with Gasteiger partial charge >= 0.3 is 0 Å². The topological polar surface area (TPSA) is 27.9 Å². The first-order valence-corrected chi connectivity index (χ1v) is 10.7. The number of phenols is 1. The zero-order chi connectivity index (χ0) is 21.4. The molecule has 2 aromatic rings. The molecule has 1 aliphatic heterocycles. The van der Waals surface area contributed by atoms with Crippen molar-refractivity contribution in [2.45, 2.75) is 58.9 Å². The molecule has 0 unspecified atom stereocenters. The summed E-state index contributed by atoms with van der Waals surface area (Å²) in [5.74, 6) is 0.298. The van der Waals surface area contributed by atoms with Gasteiger partial charge in [0.1, 0.15) is 18.1 Å². The van der Waals surface area contributed by atoms with E-state index in [-0.39, 0.29) is 16.6 Å². The van der Waals surface area contributed by atoms with Gasteiger partial charge in [-0.2, -0.15) is 0 Å². The number of rotatable bonds is 3. The number of nitrogens with one attached hydrogen (secondary N) is 1. The van der Waals surface area contributed by atoms with E-state index in [2.05, 4.69) is 58.6 Å². The molecule has 0 aromatic heterocycles. The van der Waals surface area contributed by atoms with Gasteiger partial charge in [-0.1, -0.05) is 53.7 Å². The molecule has 4 heteroatoms. The minimum atomic E-state index is -0.140. The van der Waals surface area contributed by atoms with Gasteiger partial charge in [0.25, 0.3) is 0 Å². The van der Waals surface area contributed by atoms with Crippen LogP contribution in [0.4, 0.5) is 10.1 Å². The molecule has 1 fully saturated rings. The highest BCUT2D eigenvalue weighted by Crippen LogP contribution is 2.39. The van der Waals surface area contributed by atoms with Crippen molar-refractivity contribution in [3.8, 4) is 5.75 Å². The van der Waals surface area contributed by atoms with Gasteiger partial charge < -0.3 is 14.9 Å². The average molecular weight is 400 g/mol. The quantitative estimate of drug-likeness (QED) is 0.816. The number of piperazine rings is 1. The molecule has 0 spiro atoms. The highest BCUT2D eigenvalue weighted by atomic mass is 19.1. The lowest BCUT2D eigenvalue weighted by Gasteiger charge is -2.34. The van der Waals surface area contributed by atoms with Crippen molar-refractivity contribution in [3.63, 3.8) is 0 Å². The summed E-state index contributed by atoms with van der Waals surface area (Å²) in [6, 6.07) is 11.4. The Hall–Kier alpha value is -2.07. The molecule has 0 aliphatic carbocycles. The first kappa shape index (κ1) is 21.6. The lowest BCUT2D eigenvalue weighted by atomic mass is 9.78. The smallest absolute Gasteiger partial charge is 0.146 e. The van der Waals surface area contributed by atoms with E-state index in [4.69, 9.17) is 0 Å². The van der Waals surface area contributed by atoms with Gasteiger partial charge in [0.2, 0.25) is 0 Å². The molecule has 0 saturated carbocycles. The van der Waals surface area contributed by atoms with Crippen molar-refractivity contribution in [1.29, 1.82) is 0 Å². The van der Waals surface area contributed by atoms with E-state index in [1.54, 1.807) is 6.07 Å². The summed E-state index contributed by atoms with van der Waals surface area (Å²) < 4.78 is 14.1. The summed E-state index contributed by atoms with van der Waals surface area (Å²) in [7, 11) is 0. The summed E-state index contributed by atoms with van der Waals surface area (Å²) in [5.41, 5.74) is 3.79. The molecule has 2 aromatic carbocycles. The van der Waals surface area contributed by atoms with Crippen molar-refractivity contribution in [2.24, 2.45) is 0 Å². The summed E-state index contributed by atoms with van der Waals surface area (Å²) in [6.45, 7) is 17.5. The fourth-order valence-corrected chi connectivity index (χ4v) is 4.18. The maximum Gasteiger partial charge on any atom is 0.146 e. The summed E-state index contributed by atoms with van der Waals surface area (Å²) in [6.07, 6.45) is 0. The zero-order valence-corrected chi connectivity index (χ0v) is 18.8. The van der Waals surface area contributed by atoms with Crippen LogP contribution in [0.3, 0.4) is 0 Å². The average Bonchev–Trinajstić information content (AvgIpc) is 2.62. The van der Waals surface area contributed by atoms with Gasteiger partial charge in [0.15, 0.2) is 0 Å². The third kappa shape index (κ3) is 4.92. The van der Waals surface area contributed by atoms with Crippen LogP contribution in [0.5, 0.6) is 5.75 Å². The second-order valence-corrected chi connectivity index (χ2v) is 10.4. The first-order valence-electron chi connectivity index (χ1n) is 10.7. The monoisotopic (exact) mass is 399 g/mol. The number of para-hydroxylation sites is 1. The fraction of sp³-hybridized carbons (Fsp3) is 0.520. The van der Waals surface area contributed by atoms with Crippen LogP contribution >= 0.6 is 0 Å². The van der Waals surface area contributed by atoms with Gasteiger partial charge in [-0.3, -0.25) is 0 Å². The maximum absolute atomic E-state index is 14.1. The second-order valence-electron chi connectivity index (χ2n) is 10.4. The summed E-state index contributed by atoms with van der Waals surface area (Å²) in [4.78, 5) is 3.65. The van der Waals surface area contributed by atoms with Gasteiger partial charge in [-0.05, 0) is 35.1 Å². The molecule has 1 saturated heterocycles. The van der Waals surface area contributed by atoms with Crippen molar-refractivity contribution < 1.29 is 14.4 Å². The van der Waals surface area contributed by atoms with E-state index < -0.39 is 0 Å². The minimum Gasteiger partial charge on any atom is -0.507 e. The van der Waals surface area contributed by atoms with Crippen molar-refractivity contribution in [1.82, 2.24) is 0 Å². The number of nitrogens with zero attached hydrogens (tertiary/aromatic N) is 1. The summed E-state index contributed by atoms with van der Waals surface area (Å²) >= 11 is 0. The molecule has 158 valence electrons. The number of benzene rings is 2. The van der Waals surface area contributed by atoms with Crippen LogP contribution < -0.4 is 9.80 Å². The Bertz CT molecular complexity index is 821. The molecule has 2 N–H and O–H groups in total. The highest BCUT2D eigenvalue weighted by Gasteiger charge is 2.28. The Morgan fingerprint density at radius 1 is 0.931 bits per heavy atom. The van der Waals surface area contributed by atoms with Crippen LogP contribution in [-0.4, -0.2) is 31.3 Å². The number of hydrogen-bond acceptors (Lipinski definition) is 2. The number of aromatic hydroxyl groups is 1. The second kappa shape index (κ2) is 7.98. The third-order valence-corrected chi connectivity index (χ3v) is 5.90. The van der Waals surface area contributed by atoms with Crippen LogP contribution in [0.25, 0.3) is 0 Å². The van der Waals surface area contributed by atoms with Crippen molar-refractivity contribution in [2.75, 3.05) is 31.1 Å². The van der Waals surface area contributed by atoms with Crippen LogP contribution in [0.1, 0.15) is 58.2 Å². The number of halogens is 1. The van der Waals surface area contributed by atoms with E-state index in [0.717, 1.165) is 43.9 Å². The van der Waals surface area contributed by atoms with Gasteiger partial charge in [0, 0.05) is 16.7 Å². The van der Waals surface area contributed by atoms with Crippen molar-refractivity contribution in [3.05, 3.63) is 58.9 Å². The zero-order valence-electron chi connectivity index (χ0n) is 18.8. The molecule has 0 bridgehead atoms. The predicted molar refractivity (Wildman–Crippen MR) is 119 cm³/mol. The number of anilines is 1. The number of hydrogen-bond donors (Lipinski definition) is 2. The number of phenolic OH excluding ortho intramolecular Hbond substituents is 1. The van der Waals surface area contributed by atoms with Gasteiger partial charge in [-0.15, -0.1) is 0 Å². The van der Waals surface area contributed by atoms with E-state index in [1.165, 1.54) is 16.5 Å². The summed E-state index contributed by atoms with van der Waals surface area (Å²) in [5, 5.41) is 10.9. The van der Waals surface area contributed by atoms with Gasteiger partial charge in [-0.25, -0.2) is 4.39 Å². The lowest BCUT2D eigenvalue weighted by molar-refractivity contribution is -0.914. The molecule has 0 amide bonds. The minimum absolute atomic E-state index is 0.112. The third-order valence-electron chi connectivity index (χ3n) is 5.90. The first-order chi connectivity index (χ1) is 13.5. The van der Waals surface area contributed by atoms with E-state index in [9.17, 15) is 9.50 Å². The standard InChI is InChI=1S/C25H35FN2O/c1-24(2,3)19-15-18(16-20(23(19)29)25(4,5)6)17-27-11-13-28(14-12-27)22-10-8-7-9-21(22)26/h7-10,15-16,29H,11-14,17H2,1-6H3/p+1. The normalized spacial score (nSPS) is 16.3. The maximum atomic E-state index is 14.1. The molecule has 29 heavy (non-hydrogen) atoms. The Labute approximate surface area is 175 Å². The molecule has 3 rings (SSSR count). The van der Waals surface area contributed by atoms with Gasteiger partial charge in [0.05, 0.1) is 31.9 Å². The van der Waals surface area contributed by atoms with Crippen LogP contribution in [0.2, 0.25) is 0 Å². The van der Waals surface area contributed by atoms with E-state index >= 15 is 0 Å². The largest absolute Gasteiger partial charge is 0.507 e. The Morgan fingerprint density at radius 3 is 1.93 bits per heavy atom. The number of quaternary nitrogens is 1. The molecule has 1 aliphatic rings. The molecular formula is C25H36FN2O+. The molecule has 1 heterocycles. The predicted octanol–water partition coefficient (Wildman–Crippen LogP) is 4.03.